The molecule has 0 unspecified atom stereocenters. The zero-order valence-corrected chi connectivity index (χ0v) is 12.5. The number of hydrogen-bond acceptors (Lipinski definition) is 2. The molecule has 22 heavy (non-hydrogen) atoms. The highest BCUT2D eigenvalue weighted by atomic mass is 19.1. The lowest BCUT2D eigenvalue weighted by Crippen LogP contribution is -1.98. The van der Waals surface area contributed by atoms with E-state index in [-0.39, 0.29) is 11.6 Å². The maximum Gasteiger partial charge on any atom is 0.172 e. The maximum atomic E-state index is 14.6. The van der Waals surface area contributed by atoms with E-state index in [4.69, 9.17) is 9.47 Å². The van der Waals surface area contributed by atoms with Crippen LogP contribution >= 0.6 is 0 Å². The molecule has 0 fully saturated rings. The largest absolute Gasteiger partial charge is 0.494 e. The van der Waals surface area contributed by atoms with E-state index in [1.165, 1.54) is 7.11 Å². The van der Waals surface area contributed by atoms with Gasteiger partial charge in [0, 0.05) is 17.9 Å². The monoisotopic (exact) mass is 302 g/mol. The number of hydrogen-bond donors (Lipinski definition) is 0. The second kappa shape index (κ2) is 5.89. The van der Waals surface area contributed by atoms with Gasteiger partial charge in [0.15, 0.2) is 11.6 Å². The lowest BCUT2D eigenvalue weighted by molar-refractivity contribution is 0.201. The van der Waals surface area contributed by atoms with Crippen LogP contribution in [0.3, 0.4) is 0 Å². The van der Waals surface area contributed by atoms with Crippen molar-refractivity contribution in [1.29, 1.82) is 0 Å². The van der Waals surface area contributed by atoms with Crippen molar-refractivity contribution in [2.24, 2.45) is 0 Å². The van der Waals surface area contributed by atoms with Crippen LogP contribution in [0.25, 0.3) is 21.5 Å². The molecule has 0 aliphatic carbocycles. The lowest BCUT2D eigenvalue weighted by atomic mass is 9.98. The summed E-state index contributed by atoms with van der Waals surface area (Å²) < 4.78 is 38.9. The molecule has 3 rings (SSSR count). The molecular weight excluding hydrogens is 286 g/mol. The molecule has 2 nitrogen and oxygen atoms in total. The quantitative estimate of drug-likeness (QED) is 0.662. The molecule has 114 valence electrons. The summed E-state index contributed by atoms with van der Waals surface area (Å²) in [6.07, 6.45) is 0.507. The summed E-state index contributed by atoms with van der Waals surface area (Å²) in [6.45, 7) is 0.460. The Morgan fingerprint density at radius 1 is 0.773 bits per heavy atom. The Labute approximate surface area is 127 Å². The van der Waals surface area contributed by atoms with Crippen molar-refractivity contribution >= 4 is 21.5 Å². The van der Waals surface area contributed by atoms with Gasteiger partial charge in [-0.05, 0) is 34.9 Å². The van der Waals surface area contributed by atoms with E-state index in [2.05, 4.69) is 0 Å². The van der Waals surface area contributed by atoms with Crippen LogP contribution in [0, 0.1) is 11.6 Å². The minimum atomic E-state index is -0.425. The standard InChI is InChI=1S/C18H16F2O2/c1-21-10-9-11-3-4-12-13-7-8-16(22-2)18(20)15(13)6-5-14(12)17(11)19/h3-8H,9-10H2,1-2H3. The van der Waals surface area contributed by atoms with Crippen molar-refractivity contribution in [3.63, 3.8) is 0 Å². The van der Waals surface area contributed by atoms with Crippen LogP contribution in [0.4, 0.5) is 8.78 Å². The molecule has 0 aromatic heterocycles. The minimum absolute atomic E-state index is 0.184. The zero-order valence-electron chi connectivity index (χ0n) is 12.5. The van der Waals surface area contributed by atoms with Gasteiger partial charge in [0.2, 0.25) is 0 Å². The highest BCUT2D eigenvalue weighted by Gasteiger charge is 2.13. The number of rotatable bonds is 4. The number of fused-ring (bicyclic) bond motifs is 3. The molecule has 0 atom stereocenters. The van der Waals surface area contributed by atoms with Crippen LogP contribution in [0.1, 0.15) is 5.56 Å². The second-order valence-electron chi connectivity index (χ2n) is 5.12. The molecule has 0 saturated heterocycles. The van der Waals surface area contributed by atoms with Gasteiger partial charge >= 0.3 is 0 Å². The van der Waals surface area contributed by atoms with Crippen molar-refractivity contribution in [3.8, 4) is 5.75 Å². The predicted octanol–water partition coefficient (Wildman–Crippen LogP) is 4.47. The molecule has 0 aliphatic heterocycles. The van der Waals surface area contributed by atoms with Gasteiger partial charge in [-0.2, -0.15) is 0 Å². The molecule has 0 bridgehead atoms. The Morgan fingerprint density at radius 3 is 2.00 bits per heavy atom. The maximum absolute atomic E-state index is 14.6. The fourth-order valence-electron chi connectivity index (χ4n) is 2.74. The van der Waals surface area contributed by atoms with Crippen LogP contribution in [-0.2, 0) is 11.2 Å². The Kier molecular flexibility index (Phi) is 3.94. The van der Waals surface area contributed by atoms with Gasteiger partial charge in [0.25, 0.3) is 0 Å². The second-order valence-corrected chi connectivity index (χ2v) is 5.12. The van der Waals surface area contributed by atoms with E-state index >= 15 is 0 Å². The summed E-state index contributed by atoms with van der Waals surface area (Å²) in [5.74, 6) is -0.512. The molecule has 0 heterocycles. The number of benzene rings is 3. The van der Waals surface area contributed by atoms with Gasteiger partial charge in [-0.15, -0.1) is 0 Å². The van der Waals surface area contributed by atoms with E-state index in [1.807, 2.05) is 6.07 Å². The van der Waals surface area contributed by atoms with Crippen molar-refractivity contribution in [1.82, 2.24) is 0 Å². The van der Waals surface area contributed by atoms with Crippen molar-refractivity contribution in [2.75, 3.05) is 20.8 Å². The SMILES string of the molecule is COCCc1ccc2c(ccc3c(F)c(OC)ccc32)c1F. The van der Waals surface area contributed by atoms with E-state index in [0.29, 0.717) is 40.1 Å². The van der Waals surface area contributed by atoms with Crippen molar-refractivity contribution in [3.05, 3.63) is 53.6 Å². The lowest BCUT2D eigenvalue weighted by Gasteiger charge is -2.11. The zero-order chi connectivity index (χ0) is 15.7. The smallest absolute Gasteiger partial charge is 0.172 e. The Balaban J connectivity index is 2.25. The van der Waals surface area contributed by atoms with Crippen LogP contribution in [-0.4, -0.2) is 20.8 Å². The summed E-state index contributed by atoms with van der Waals surface area (Å²) in [6, 6.07) is 10.1. The Morgan fingerprint density at radius 2 is 1.36 bits per heavy atom. The first kappa shape index (κ1) is 14.7. The van der Waals surface area contributed by atoms with Crippen molar-refractivity contribution in [2.45, 2.75) is 6.42 Å². The molecule has 0 saturated carbocycles. The topological polar surface area (TPSA) is 18.5 Å². The van der Waals surface area contributed by atoms with Crippen LogP contribution in [0.15, 0.2) is 36.4 Å². The van der Waals surface area contributed by atoms with Gasteiger partial charge in [-0.3, -0.25) is 0 Å². The summed E-state index contributed by atoms with van der Waals surface area (Å²) in [7, 11) is 3.01. The molecule has 0 N–H and O–H groups in total. The van der Waals surface area contributed by atoms with Gasteiger partial charge < -0.3 is 9.47 Å². The third kappa shape index (κ3) is 2.29. The van der Waals surface area contributed by atoms with Crippen molar-refractivity contribution < 1.29 is 18.3 Å². The van der Waals surface area contributed by atoms with Gasteiger partial charge in [0.1, 0.15) is 5.82 Å². The number of ether oxygens (including phenoxy) is 2. The summed E-state index contributed by atoms with van der Waals surface area (Å²) in [5, 5.41) is 2.28. The normalized spacial score (nSPS) is 11.3. The summed E-state index contributed by atoms with van der Waals surface area (Å²) in [5.41, 5.74) is 0.600. The highest BCUT2D eigenvalue weighted by Crippen LogP contribution is 2.33. The van der Waals surface area contributed by atoms with Crippen LogP contribution in [0.2, 0.25) is 0 Å². The molecule has 4 heteroatoms. The summed E-state index contributed by atoms with van der Waals surface area (Å²) in [4.78, 5) is 0. The first-order chi connectivity index (χ1) is 10.7. The summed E-state index contributed by atoms with van der Waals surface area (Å²) >= 11 is 0. The Hall–Kier alpha value is -2.20. The average Bonchev–Trinajstić information content (AvgIpc) is 2.54. The molecule has 0 spiro atoms. The fourth-order valence-corrected chi connectivity index (χ4v) is 2.74. The molecule has 3 aromatic rings. The van der Waals surface area contributed by atoms with Gasteiger partial charge in [-0.1, -0.05) is 24.3 Å². The van der Waals surface area contributed by atoms with Gasteiger partial charge in [-0.25, -0.2) is 8.78 Å². The molecule has 0 radical (unpaired) electrons. The van der Waals surface area contributed by atoms with E-state index in [1.54, 1.807) is 37.4 Å². The van der Waals surface area contributed by atoms with Crippen LogP contribution in [0.5, 0.6) is 5.75 Å². The third-order valence-corrected chi connectivity index (χ3v) is 3.91. The number of methoxy groups -OCH3 is 2. The molecule has 0 aliphatic rings. The van der Waals surface area contributed by atoms with E-state index in [9.17, 15) is 8.78 Å². The molecule has 0 amide bonds. The van der Waals surface area contributed by atoms with E-state index < -0.39 is 5.82 Å². The minimum Gasteiger partial charge on any atom is -0.494 e. The van der Waals surface area contributed by atoms with E-state index in [0.717, 1.165) is 0 Å². The fraction of sp³-hybridized carbons (Fsp3) is 0.222. The average molecular weight is 302 g/mol. The van der Waals surface area contributed by atoms with Gasteiger partial charge in [0.05, 0.1) is 13.7 Å². The number of halogens is 2. The highest BCUT2D eigenvalue weighted by molar-refractivity contribution is 6.08. The Bertz CT molecular complexity index is 843. The first-order valence-electron chi connectivity index (χ1n) is 7.02. The molecular formula is C18H16F2O2. The van der Waals surface area contributed by atoms with Crippen LogP contribution < -0.4 is 4.74 Å². The molecule has 3 aromatic carbocycles. The third-order valence-electron chi connectivity index (χ3n) is 3.91. The first-order valence-corrected chi connectivity index (χ1v) is 7.02. The predicted molar refractivity (Wildman–Crippen MR) is 83.5 cm³/mol.